The highest BCUT2D eigenvalue weighted by atomic mass is 19.1. The lowest BCUT2D eigenvalue weighted by Gasteiger charge is -2.42. The van der Waals surface area contributed by atoms with E-state index >= 15 is 0 Å². The molecule has 1 heterocycles. The molecule has 1 spiro atoms. The number of carbonyl (C=O) groups excluding carboxylic acids is 2. The van der Waals surface area contributed by atoms with Crippen LogP contribution in [0.2, 0.25) is 0 Å². The molecule has 2 amide bonds. The van der Waals surface area contributed by atoms with Gasteiger partial charge in [0.05, 0.1) is 5.69 Å². The predicted molar refractivity (Wildman–Crippen MR) is 75.3 cm³/mol. The van der Waals surface area contributed by atoms with E-state index in [4.69, 9.17) is 0 Å². The number of amides is 2. The smallest absolute Gasteiger partial charge is 0.234 e. The SMILES string of the molecule is O=C1CC2(CCCCC2)CC(=O)N1c1ccc(O)c(F)c1. The summed E-state index contributed by atoms with van der Waals surface area (Å²) in [4.78, 5) is 25.8. The topological polar surface area (TPSA) is 57.6 Å². The first kappa shape index (κ1) is 14.0. The standard InChI is InChI=1S/C16H18FNO3/c17-12-8-11(4-5-13(12)19)18-14(20)9-16(10-15(18)21)6-2-1-3-7-16/h4-5,8,19H,1-3,6-7,9-10H2. The molecule has 1 aliphatic carbocycles. The zero-order chi connectivity index (χ0) is 15.0. The van der Waals surface area contributed by atoms with Crippen molar-refractivity contribution in [2.75, 3.05) is 4.90 Å². The molecule has 1 aliphatic heterocycles. The maximum absolute atomic E-state index is 13.4. The Balaban J connectivity index is 1.86. The van der Waals surface area contributed by atoms with Crippen LogP contribution in [0.25, 0.3) is 0 Å². The van der Waals surface area contributed by atoms with Crippen LogP contribution in [0.3, 0.4) is 0 Å². The molecule has 2 aliphatic rings. The van der Waals surface area contributed by atoms with Crippen molar-refractivity contribution < 1.29 is 19.1 Å². The van der Waals surface area contributed by atoms with Crippen molar-refractivity contribution in [3.63, 3.8) is 0 Å². The molecule has 5 heteroatoms. The van der Waals surface area contributed by atoms with Gasteiger partial charge in [0.2, 0.25) is 11.8 Å². The molecule has 0 bridgehead atoms. The second-order valence-corrected chi connectivity index (χ2v) is 6.17. The quantitative estimate of drug-likeness (QED) is 0.809. The zero-order valence-corrected chi connectivity index (χ0v) is 11.8. The fourth-order valence-electron chi connectivity index (χ4n) is 3.58. The Morgan fingerprint density at radius 2 is 1.67 bits per heavy atom. The van der Waals surface area contributed by atoms with Crippen molar-refractivity contribution in [1.82, 2.24) is 0 Å². The van der Waals surface area contributed by atoms with E-state index in [1.165, 1.54) is 6.07 Å². The van der Waals surface area contributed by atoms with Crippen LogP contribution in [0.4, 0.5) is 10.1 Å². The number of phenols is 1. The summed E-state index contributed by atoms with van der Waals surface area (Å²) in [5, 5.41) is 9.21. The highest BCUT2D eigenvalue weighted by Crippen LogP contribution is 2.46. The minimum Gasteiger partial charge on any atom is -0.505 e. The Hall–Kier alpha value is -1.91. The van der Waals surface area contributed by atoms with Crippen LogP contribution in [0, 0.1) is 11.2 Å². The zero-order valence-electron chi connectivity index (χ0n) is 11.8. The third-order valence-electron chi connectivity index (χ3n) is 4.65. The largest absolute Gasteiger partial charge is 0.505 e. The monoisotopic (exact) mass is 291 g/mol. The molecule has 21 heavy (non-hydrogen) atoms. The molecule has 0 radical (unpaired) electrons. The number of aromatic hydroxyl groups is 1. The number of hydrogen-bond donors (Lipinski definition) is 1. The van der Waals surface area contributed by atoms with Gasteiger partial charge in [0.1, 0.15) is 0 Å². The third kappa shape index (κ3) is 2.52. The molecule has 4 nitrogen and oxygen atoms in total. The average molecular weight is 291 g/mol. The maximum atomic E-state index is 13.4. The Morgan fingerprint density at radius 3 is 2.24 bits per heavy atom. The van der Waals surface area contributed by atoms with E-state index in [-0.39, 0.29) is 22.9 Å². The number of carbonyl (C=O) groups is 2. The van der Waals surface area contributed by atoms with Crippen LogP contribution in [-0.4, -0.2) is 16.9 Å². The molecule has 2 fully saturated rings. The molecule has 0 atom stereocenters. The predicted octanol–water partition coefficient (Wildman–Crippen LogP) is 3.14. The van der Waals surface area contributed by atoms with Crippen LogP contribution < -0.4 is 4.90 Å². The fourth-order valence-corrected chi connectivity index (χ4v) is 3.58. The lowest BCUT2D eigenvalue weighted by molar-refractivity contribution is -0.134. The molecule has 1 aromatic carbocycles. The van der Waals surface area contributed by atoms with Crippen molar-refractivity contribution in [3.8, 4) is 5.75 Å². The van der Waals surface area contributed by atoms with Gasteiger partial charge in [-0.15, -0.1) is 0 Å². The molecule has 0 aromatic heterocycles. The lowest BCUT2D eigenvalue weighted by atomic mass is 9.67. The van der Waals surface area contributed by atoms with Gasteiger partial charge >= 0.3 is 0 Å². The number of piperidine rings is 1. The second-order valence-electron chi connectivity index (χ2n) is 6.17. The van der Waals surface area contributed by atoms with Gasteiger partial charge in [-0.05, 0) is 30.4 Å². The van der Waals surface area contributed by atoms with E-state index in [0.717, 1.165) is 49.1 Å². The normalized spacial score (nSPS) is 21.9. The van der Waals surface area contributed by atoms with Gasteiger partial charge in [-0.25, -0.2) is 4.39 Å². The average Bonchev–Trinajstić information content (AvgIpc) is 2.42. The molecule has 1 aromatic rings. The first-order valence-corrected chi connectivity index (χ1v) is 7.35. The van der Waals surface area contributed by atoms with Crippen molar-refractivity contribution >= 4 is 17.5 Å². The molecular formula is C16H18FNO3. The van der Waals surface area contributed by atoms with Gasteiger partial charge < -0.3 is 5.11 Å². The Bertz CT molecular complexity index is 573. The van der Waals surface area contributed by atoms with Gasteiger partial charge in [-0.3, -0.25) is 14.5 Å². The van der Waals surface area contributed by atoms with Gasteiger partial charge in [0.15, 0.2) is 11.6 Å². The van der Waals surface area contributed by atoms with Crippen LogP contribution in [0.15, 0.2) is 18.2 Å². The lowest BCUT2D eigenvalue weighted by Crippen LogP contribution is -2.48. The van der Waals surface area contributed by atoms with Crippen molar-refractivity contribution in [3.05, 3.63) is 24.0 Å². The molecule has 0 unspecified atom stereocenters. The summed E-state index contributed by atoms with van der Waals surface area (Å²) < 4.78 is 13.4. The first-order chi connectivity index (χ1) is 10.0. The summed E-state index contributed by atoms with van der Waals surface area (Å²) in [5.74, 6) is -1.85. The highest BCUT2D eigenvalue weighted by molar-refractivity contribution is 6.17. The number of rotatable bonds is 1. The number of halogens is 1. The minimum atomic E-state index is -0.828. The molecule has 3 rings (SSSR count). The van der Waals surface area contributed by atoms with Gasteiger partial charge in [0, 0.05) is 18.9 Å². The molecule has 1 saturated heterocycles. The summed E-state index contributed by atoms with van der Waals surface area (Å²) >= 11 is 0. The van der Waals surface area contributed by atoms with Crippen LogP contribution in [-0.2, 0) is 9.59 Å². The van der Waals surface area contributed by atoms with E-state index in [2.05, 4.69) is 0 Å². The van der Waals surface area contributed by atoms with E-state index in [1.807, 2.05) is 0 Å². The van der Waals surface area contributed by atoms with E-state index in [1.54, 1.807) is 0 Å². The number of benzene rings is 1. The third-order valence-corrected chi connectivity index (χ3v) is 4.65. The summed E-state index contributed by atoms with van der Waals surface area (Å²) in [5.41, 5.74) is 0.0178. The highest BCUT2D eigenvalue weighted by Gasteiger charge is 2.44. The summed E-state index contributed by atoms with van der Waals surface area (Å²) in [6.45, 7) is 0. The van der Waals surface area contributed by atoms with Gasteiger partial charge in [0.25, 0.3) is 0 Å². The van der Waals surface area contributed by atoms with Crippen molar-refractivity contribution in [2.45, 2.75) is 44.9 Å². The minimum absolute atomic E-state index is 0.182. The van der Waals surface area contributed by atoms with Gasteiger partial charge in [-0.1, -0.05) is 19.3 Å². The summed E-state index contributed by atoms with van der Waals surface area (Å²) in [7, 11) is 0. The number of imide groups is 1. The number of hydrogen-bond acceptors (Lipinski definition) is 3. The summed E-state index contributed by atoms with van der Waals surface area (Å²) in [6, 6.07) is 3.59. The van der Waals surface area contributed by atoms with Crippen LogP contribution >= 0.6 is 0 Å². The number of phenolic OH excluding ortho intramolecular Hbond substituents is 1. The molecule has 1 N–H and O–H groups in total. The van der Waals surface area contributed by atoms with Crippen LogP contribution in [0.1, 0.15) is 44.9 Å². The first-order valence-electron chi connectivity index (χ1n) is 7.35. The van der Waals surface area contributed by atoms with E-state index in [9.17, 15) is 19.1 Å². The van der Waals surface area contributed by atoms with E-state index in [0.29, 0.717) is 12.8 Å². The Labute approximate surface area is 122 Å². The van der Waals surface area contributed by atoms with Crippen molar-refractivity contribution in [1.29, 1.82) is 0 Å². The number of nitrogens with zero attached hydrogens (tertiary/aromatic N) is 1. The fraction of sp³-hybridized carbons (Fsp3) is 0.500. The van der Waals surface area contributed by atoms with Gasteiger partial charge in [-0.2, -0.15) is 0 Å². The van der Waals surface area contributed by atoms with E-state index < -0.39 is 11.6 Å². The molecular weight excluding hydrogens is 273 g/mol. The van der Waals surface area contributed by atoms with Crippen LogP contribution in [0.5, 0.6) is 5.75 Å². The molecule has 1 saturated carbocycles. The van der Waals surface area contributed by atoms with Crippen molar-refractivity contribution in [2.24, 2.45) is 5.41 Å². The Kier molecular flexibility index (Phi) is 3.43. The maximum Gasteiger partial charge on any atom is 0.234 e. The summed E-state index contributed by atoms with van der Waals surface area (Å²) in [6.07, 6.45) is 5.83. The molecule has 112 valence electrons. The number of anilines is 1. The second kappa shape index (κ2) is 5.13. The Morgan fingerprint density at radius 1 is 1.05 bits per heavy atom.